The molecule has 0 unspecified atom stereocenters. The molecular weight excluding hydrogens is 314 g/mol. The van der Waals surface area contributed by atoms with Crippen LogP contribution in [0, 0.1) is 0 Å². The number of hydrogen-bond acceptors (Lipinski definition) is 4. The number of nitrogens with one attached hydrogen (secondary N) is 3. The van der Waals surface area contributed by atoms with Crippen molar-refractivity contribution in [3.63, 3.8) is 0 Å². The number of anilines is 1. The zero-order chi connectivity index (χ0) is 17.2. The molecule has 1 aliphatic carbocycles. The van der Waals surface area contributed by atoms with E-state index in [9.17, 15) is 4.79 Å². The van der Waals surface area contributed by atoms with Crippen molar-refractivity contribution in [1.82, 2.24) is 15.4 Å². The second kappa shape index (κ2) is 6.39. The highest BCUT2D eigenvalue weighted by Crippen LogP contribution is 2.30. The van der Waals surface area contributed by atoms with Crippen LogP contribution in [-0.4, -0.2) is 28.6 Å². The Morgan fingerprint density at radius 3 is 3.00 bits per heavy atom. The molecule has 25 heavy (non-hydrogen) atoms. The van der Waals surface area contributed by atoms with E-state index < -0.39 is 0 Å². The molecule has 0 aliphatic heterocycles. The Morgan fingerprint density at radius 1 is 1.28 bits per heavy atom. The average molecular weight is 333 g/mol. The molecule has 0 bridgehead atoms. The van der Waals surface area contributed by atoms with Crippen LogP contribution in [0.4, 0.5) is 5.69 Å². The predicted molar refractivity (Wildman–Crippen MR) is 99.0 cm³/mol. The van der Waals surface area contributed by atoms with Gasteiger partial charge in [-0.1, -0.05) is 0 Å². The van der Waals surface area contributed by atoms with Gasteiger partial charge in [-0.15, -0.1) is 0 Å². The Hall–Kier alpha value is -3.15. The highest BCUT2D eigenvalue weighted by molar-refractivity contribution is 6.09. The van der Waals surface area contributed by atoms with E-state index in [0.717, 1.165) is 41.6 Å². The van der Waals surface area contributed by atoms with Crippen molar-refractivity contribution >= 4 is 28.2 Å². The third-order valence-electron chi connectivity index (χ3n) is 4.46. The molecule has 0 radical (unpaired) electrons. The molecular formula is C19H19N5O. The van der Waals surface area contributed by atoms with Gasteiger partial charge in [-0.2, -0.15) is 5.10 Å². The lowest BCUT2D eigenvalue weighted by molar-refractivity contribution is 0.102. The topological polar surface area (TPSA) is 82.2 Å². The molecule has 0 saturated carbocycles. The standard InChI is InChI=1S/C19H19N5O/c1-20-24-17-6-2-5-14-15-10-12(7-8-16(15)23-18(14)17)19(25)22-13-4-3-9-21-11-13/h3-4,7-11,20,23H,2,5-6H2,1H3,(H,22,25). The van der Waals surface area contributed by atoms with Gasteiger partial charge in [-0.05, 0) is 55.2 Å². The van der Waals surface area contributed by atoms with E-state index in [-0.39, 0.29) is 5.91 Å². The zero-order valence-corrected chi connectivity index (χ0v) is 14.0. The maximum atomic E-state index is 12.5. The summed E-state index contributed by atoms with van der Waals surface area (Å²) in [6.07, 6.45) is 6.32. The summed E-state index contributed by atoms with van der Waals surface area (Å²) < 4.78 is 0. The van der Waals surface area contributed by atoms with Crippen LogP contribution in [0.1, 0.15) is 34.5 Å². The van der Waals surface area contributed by atoms with Gasteiger partial charge in [-0.25, -0.2) is 0 Å². The van der Waals surface area contributed by atoms with Crippen LogP contribution in [0.15, 0.2) is 47.8 Å². The fourth-order valence-corrected chi connectivity index (χ4v) is 3.34. The van der Waals surface area contributed by atoms with Crippen LogP contribution in [0.5, 0.6) is 0 Å². The van der Waals surface area contributed by atoms with Crippen LogP contribution in [0.25, 0.3) is 10.9 Å². The maximum Gasteiger partial charge on any atom is 0.255 e. The lowest BCUT2D eigenvalue weighted by atomic mass is 9.93. The number of nitrogens with zero attached hydrogens (tertiary/aromatic N) is 2. The van der Waals surface area contributed by atoms with Crippen molar-refractivity contribution in [2.45, 2.75) is 19.3 Å². The largest absolute Gasteiger partial charge is 0.353 e. The minimum absolute atomic E-state index is 0.134. The van der Waals surface area contributed by atoms with Crippen molar-refractivity contribution in [2.24, 2.45) is 5.10 Å². The average Bonchev–Trinajstić information content (AvgIpc) is 3.02. The second-order valence-corrected chi connectivity index (χ2v) is 6.07. The minimum Gasteiger partial charge on any atom is -0.353 e. The summed E-state index contributed by atoms with van der Waals surface area (Å²) in [5.41, 5.74) is 8.60. The van der Waals surface area contributed by atoms with Gasteiger partial charge in [0.05, 0.1) is 23.3 Å². The minimum atomic E-state index is -0.134. The number of hydrazone groups is 1. The number of aromatic nitrogens is 2. The number of fused-ring (bicyclic) bond motifs is 3. The number of aryl methyl sites for hydroxylation is 1. The Balaban J connectivity index is 1.71. The summed E-state index contributed by atoms with van der Waals surface area (Å²) >= 11 is 0. The van der Waals surface area contributed by atoms with Crippen LogP contribution in [0.3, 0.4) is 0 Å². The Labute approximate surface area is 145 Å². The smallest absolute Gasteiger partial charge is 0.255 e. The van der Waals surface area contributed by atoms with E-state index in [1.54, 1.807) is 18.5 Å². The summed E-state index contributed by atoms with van der Waals surface area (Å²) in [7, 11) is 1.81. The quantitative estimate of drug-likeness (QED) is 0.644. The number of rotatable bonds is 3. The molecule has 6 nitrogen and oxygen atoms in total. The Kier molecular flexibility index (Phi) is 3.93. The molecule has 4 rings (SSSR count). The summed E-state index contributed by atoms with van der Waals surface area (Å²) in [4.78, 5) is 20.0. The van der Waals surface area contributed by atoms with Gasteiger partial charge in [0.1, 0.15) is 0 Å². The van der Waals surface area contributed by atoms with Gasteiger partial charge in [0.2, 0.25) is 0 Å². The third kappa shape index (κ3) is 2.87. The molecule has 126 valence electrons. The number of carbonyl (C=O) groups is 1. The van der Waals surface area contributed by atoms with E-state index in [1.807, 2.05) is 31.3 Å². The second-order valence-electron chi connectivity index (χ2n) is 6.07. The molecule has 3 aromatic rings. The summed E-state index contributed by atoms with van der Waals surface area (Å²) in [6, 6.07) is 9.37. The SMILES string of the molecule is CNN=C1CCCc2c1[nH]c1ccc(C(=O)Nc3cccnc3)cc21. The molecule has 0 spiro atoms. The number of H-pyrrole nitrogens is 1. The molecule has 0 atom stereocenters. The Bertz CT molecular complexity index is 959. The number of amides is 1. The van der Waals surface area contributed by atoms with E-state index in [0.29, 0.717) is 11.3 Å². The highest BCUT2D eigenvalue weighted by atomic mass is 16.1. The Morgan fingerprint density at radius 2 is 2.20 bits per heavy atom. The molecule has 0 saturated heterocycles. The van der Waals surface area contributed by atoms with Gasteiger partial charge in [-0.3, -0.25) is 9.78 Å². The van der Waals surface area contributed by atoms with Crippen LogP contribution >= 0.6 is 0 Å². The maximum absolute atomic E-state index is 12.5. The predicted octanol–water partition coefficient (Wildman–Crippen LogP) is 3.08. The van der Waals surface area contributed by atoms with Gasteiger partial charge >= 0.3 is 0 Å². The molecule has 1 aromatic carbocycles. The number of carbonyl (C=O) groups excluding carboxylic acids is 1. The number of pyridine rings is 1. The van der Waals surface area contributed by atoms with Gasteiger partial charge in [0.15, 0.2) is 0 Å². The molecule has 2 aromatic heterocycles. The number of hydrogen-bond donors (Lipinski definition) is 3. The van der Waals surface area contributed by atoms with Crippen molar-refractivity contribution in [1.29, 1.82) is 0 Å². The first-order valence-electron chi connectivity index (χ1n) is 8.36. The first kappa shape index (κ1) is 15.4. The normalized spacial score (nSPS) is 15.2. The van der Waals surface area contributed by atoms with Crippen molar-refractivity contribution in [3.8, 4) is 0 Å². The number of aromatic amines is 1. The fraction of sp³-hybridized carbons (Fsp3) is 0.211. The van der Waals surface area contributed by atoms with Crippen molar-refractivity contribution < 1.29 is 4.79 Å². The summed E-state index contributed by atoms with van der Waals surface area (Å²) in [5.74, 6) is -0.134. The van der Waals surface area contributed by atoms with E-state index in [2.05, 4.69) is 25.8 Å². The molecule has 1 aliphatic rings. The van der Waals surface area contributed by atoms with Gasteiger partial charge in [0, 0.05) is 29.7 Å². The summed E-state index contributed by atoms with van der Waals surface area (Å²) in [5, 5.41) is 8.36. The molecule has 1 amide bonds. The monoisotopic (exact) mass is 333 g/mol. The number of benzene rings is 1. The van der Waals surface area contributed by atoms with E-state index in [4.69, 9.17) is 0 Å². The van der Waals surface area contributed by atoms with Crippen molar-refractivity contribution in [2.75, 3.05) is 12.4 Å². The summed E-state index contributed by atoms with van der Waals surface area (Å²) in [6.45, 7) is 0. The highest BCUT2D eigenvalue weighted by Gasteiger charge is 2.21. The third-order valence-corrected chi connectivity index (χ3v) is 4.46. The van der Waals surface area contributed by atoms with Crippen molar-refractivity contribution in [3.05, 3.63) is 59.5 Å². The lowest BCUT2D eigenvalue weighted by Crippen LogP contribution is -2.14. The molecule has 0 fully saturated rings. The lowest BCUT2D eigenvalue weighted by Gasteiger charge is -2.13. The van der Waals surface area contributed by atoms with E-state index >= 15 is 0 Å². The van der Waals surface area contributed by atoms with E-state index in [1.165, 1.54) is 5.56 Å². The van der Waals surface area contributed by atoms with Gasteiger partial charge < -0.3 is 15.7 Å². The van der Waals surface area contributed by atoms with Gasteiger partial charge in [0.25, 0.3) is 5.91 Å². The van der Waals surface area contributed by atoms with Crippen LogP contribution in [-0.2, 0) is 6.42 Å². The first-order chi connectivity index (χ1) is 12.3. The van der Waals surface area contributed by atoms with Crippen LogP contribution < -0.4 is 10.7 Å². The van der Waals surface area contributed by atoms with Crippen LogP contribution in [0.2, 0.25) is 0 Å². The zero-order valence-electron chi connectivity index (χ0n) is 14.0. The first-order valence-corrected chi connectivity index (χ1v) is 8.36. The fourth-order valence-electron chi connectivity index (χ4n) is 3.34. The molecule has 6 heteroatoms. The molecule has 3 N–H and O–H groups in total. The molecule has 2 heterocycles.